The highest BCUT2D eigenvalue weighted by atomic mass is 19.1. The number of morpholine rings is 1. The van der Waals surface area contributed by atoms with E-state index in [1.807, 2.05) is 18.2 Å². The number of nitrogens with zero attached hydrogens (tertiary/aromatic N) is 4. The second-order valence-corrected chi connectivity index (χ2v) is 8.05. The number of aromatic amines is 1. The number of nitrogens with one attached hydrogen (secondary N) is 2. The maximum Gasteiger partial charge on any atom is 0.229 e. The van der Waals surface area contributed by atoms with Crippen LogP contribution in [0, 0.1) is 11.6 Å². The molecule has 1 aliphatic heterocycles. The fourth-order valence-electron chi connectivity index (χ4n) is 3.92. The summed E-state index contributed by atoms with van der Waals surface area (Å²) in [7, 11) is 1.61. The molecule has 35 heavy (non-hydrogen) atoms. The molecule has 0 unspecified atom stereocenters. The van der Waals surface area contributed by atoms with Gasteiger partial charge in [0.1, 0.15) is 23.1 Å². The van der Waals surface area contributed by atoms with E-state index in [4.69, 9.17) is 9.47 Å². The molecule has 10 heteroatoms. The number of anilines is 2. The van der Waals surface area contributed by atoms with Crippen molar-refractivity contribution in [2.24, 2.45) is 0 Å². The summed E-state index contributed by atoms with van der Waals surface area (Å²) < 4.78 is 38.1. The van der Waals surface area contributed by atoms with Crippen molar-refractivity contribution in [3.05, 3.63) is 65.9 Å². The minimum Gasteiger partial charge on any atom is -0.496 e. The standard InChI is InChI=1S/C25H24F2N6O2/c1-34-22-7-4-16(3-2-8-33-9-11-35-12-10-33)13-18(22)23-19-15-28-25(30-24(19)32-31-23)29-21-6-5-17(26)14-20(21)27/h2-7,13-15H,8-12H2,1H3,(H2,28,29,30,31,32). The number of ether oxygens (including phenoxy) is 2. The molecule has 8 nitrogen and oxygen atoms in total. The van der Waals surface area contributed by atoms with Gasteiger partial charge in [-0.1, -0.05) is 18.2 Å². The number of rotatable bonds is 7. The van der Waals surface area contributed by atoms with Crippen LogP contribution in [-0.4, -0.2) is 65.0 Å². The van der Waals surface area contributed by atoms with Gasteiger partial charge in [0.15, 0.2) is 5.65 Å². The molecule has 5 rings (SSSR count). The van der Waals surface area contributed by atoms with Gasteiger partial charge in [-0.15, -0.1) is 0 Å². The molecule has 0 spiro atoms. The summed E-state index contributed by atoms with van der Waals surface area (Å²) in [6.07, 6.45) is 5.81. The summed E-state index contributed by atoms with van der Waals surface area (Å²) in [5.74, 6) is -0.568. The Hall–Kier alpha value is -3.89. The van der Waals surface area contributed by atoms with E-state index in [1.54, 1.807) is 13.3 Å². The predicted molar refractivity (Wildman–Crippen MR) is 130 cm³/mol. The highest BCUT2D eigenvalue weighted by molar-refractivity contribution is 5.93. The lowest BCUT2D eigenvalue weighted by atomic mass is 10.0. The molecule has 0 bridgehead atoms. The van der Waals surface area contributed by atoms with Crippen LogP contribution in [0.1, 0.15) is 5.56 Å². The lowest BCUT2D eigenvalue weighted by Gasteiger charge is -2.25. The zero-order valence-corrected chi connectivity index (χ0v) is 19.1. The van der Waals surface area contributed by atoms with Crippen LogP contribution in [0.15, 0.2) is 48.7 Å². The number of hydrogen-bond acceptors (Lipinski definition) is 7. The SMILES string of the molecule is COc1ccc(C=CCN2CCOCC2)cc1-c1n[nH]c2nc(Nc3ccc(F)cc3F)ncc12. The molecule has 0 saturated carbocycles. The number of aromatic nitrogens is 4. The number of methoxy groups -OCH3 is 1. The van der Waals surface area contributed by atoms with Crippen LogP contribution in [0.25, 0.3) is 28.4 Å². The summed E-state index contributed by atoms with van der Waals surface area (Å²) >= 11 is 0. The molecule has 1 saturated heterocycles. The van der Waals surface area contributed by atoms with E-state index >= 15 is 0 Å². The van der Waals surface area contributed by atoms with Crippen molar-refractivity contribution in [1.82, 2.24) is 25.1 Å². The van der Waals surface area contributed by atoms with Gasteiger partial charge < -0.3 is 14.8 Å². The van der Waals surface area contributed by atoms with E-state index in [1.165, 1.54) is 6.07 Å². The third-order valence-corrected chi connectivity index (χ3v) is 5.75. The Morgan fingerprint density at radius 2 is 2.03 bits per heavy atom. The van der Waals surface area contributed by atoms with E-state index in [0.29, 0.717) is 22.5 Å². The first-order valence-corrected chi connectivity index (χ1v) is 11.2. The number of H-pyrrole nitrogens is 1. The molecule has 3 heterocycles. The van der Waals surface area contributed by atoms with Crippen LogP contribution in [0.5, 0.6) is 5.75 Å². The third kappa shape index (κ3) is 5.13. The first-order valence-electron chi connectivity index (χ1n) is 11.2. The Bertz CT molecular complexity index is 1370. The molecule has 0 aliphatic carbocycles. The van der Waals surface area contributed by atoms with Crippen molar-refractivity contribution in [2.45, 2.75) is 0 Å². The highest BCUT2D eigenvalue weighted by Crippen LogP contribution is 2.34. The molecular formula is C25H24F2N6O2. The smallest absolute Gasteiger partial charge is 0.229 e. The van der Waals surface area contributed by atoms with Crippen LogP contribution in [-0.2, 0) is 4.74 Å². The van der Waals surface area contributed by atoms with Gasteiger partial charge in [-0.3, -0.25) is 10.00 Å². The van der Waals surface area contributed by atoms with E-state index in [2.05, 4.69) is 42.5 Å². The summed E-state index contributed by atoms with van der Waals surface area (Å²) in [4.78, 5) is 11.0. The lowest BCUT2D eigenvalue weighted by Crippen LogP contribution is -2.36. The Balaban J connectivity index is 1.40. The zero-order chi connectivity index (χ0) is 24.2. The van der Waals surface area contributed by atoms with Crippen molar-refractivity contribution in [3.63, 3.8) is 0 Å². The topological polar surface area (TPSA) is 88.2 Å². The number of halogens is 2. The number of fused-ring (bicyclic) bond motifs is 1. The molecular weight excluding hydrogens is 454 g/mol. The fourth-order valence-corrected chi connectivity index (χ4v) is 3.92. The van der Waals surface area contributed by atoms with Crippen LogP contribution < -0.4 is 10.1 Å². The summed E-state index contributed by atoms with van der Waals surface area (Å²) in [6.45, 7) is 4.26. The molecule has 1 fully saturated rings. The van der Waals surface area contributed by atoms with E-state index in [0.717, 1.165) is 56.1 Å². The average Bonchev–Trinajstić information content (AvgIpc) is 3.29. The first-order chi connectivity index (χ1) is 17.1. The van der Waals surface area contributed by atoms with Crippen molar-refractivity contribution in [2.75, 3.05) is 45.3 Å². The average molecular weight is 479 g/mol. The first kappa shape index (κ1) is 22.9. The van der Waals surface area contributed by atoms with Crippen molar-refractivity contribution >= 4 is 28.7 Å². The second kappa shape index (κ2) is 10.2. The van der Waals surface area contributed by atoms with Gasteiger partial charge in [0.05, 0.1) is 31.4 Å². The Labute approximate surface area is 200 Å². The van der Waals surface area contributed by atoms with Crippen LogP contribution >= 0.6 is 0 Å². The van der Waals surface area contributed by atoms with Gasteiger partial charge in [0.25, 0.3) is 0 Å². The van der Waals surface area contributed by atoms with Crippen LogP contribution in [0.2, 0.25) is 0 Å². The van der Waals surface area contributed by atoms with Crippen molar-refractivity contribution < 1.29 is 18.3 Å². The summed E-state index contributed by atoms with van der Waals surface area (Å²) in [5.41, 5.74) is 2.98. The number of benzene rings is 2. The zero-order valence-electron chi connectivity index (χ0n) is 19.1. The van der Waals surface area contributed by atoms with Gasteiger partial charge in [-0.05, 0) is 29.8 Å². The minimum absolute atomic E-state index is 0.0729. The van der Waals surface area contributed by atoms with Gasteiger partial charge in [0, 0.05) is 37.5 Å². The predicted octanol–water partition coefficient (Wildman–Crippen LogP) is 4.40. The molecule has 2 aromatic carbocycles. The van der Waals surface area contributed by atoms with Crippen LogP contribution in [0.3, 0.4) is 0 Å². The van der Waals surface area contributed by atoms with E-state index in [9.17, 15) is 8.78 Å². The van der Waals surface area contributed by atoms with Gasteiger partial charge in [-0.2, -0.15) is 10.1 Å². The normalized spacial score (nSPS) is 14.6. The molecule has 2 N–H and O–H groups in total. The fraction of sp³-hybridized carbons (Fsp3) is 0.240. The maximum atomic E-state index is 14.0. The van der Waals surface area contributed by atoms with E-state index < -0.39 is 11.6 Å². The molecule has 4 aromatic rings. The van der Waals surface area contributed by atoms with Crippen molar-refractivity contribution in [1.29, 1.82) is 0 Å². The van der Waals surface area contributed by atoms with Gasteiger partial charge in [-0.25, -0.2) is 13.8 Å². The summed E-state index contributed by atoms with van der Waals surface area (Å²) in [5, 5.41) is 10.8. The molecule has 2 aromatic heterocycles. The Morgan fingerprint density at radius 3 is 2.83 bits per heavy atom. The van der Waals surface area contributed by atoms with E-state index in [-0.39, 0.29) is 11.6 Å². The maximum absolute atomic E-state index is 14.0. The molecule has 0 radical (unpaired) electrons. The quantitative estimate of drug-likeness (QED) is 0.407. The van der Waals surface area contributed by atoms with Gasteiger partial charge in [0.2, 0.25) is 5.95 Å². The van der Waals surface area contributed by atoms with Crippen molar-refractivity contribution in [3.8, 4) is 17.0 Å². The molecule has 0 atom stereocenters. The molecule has 1 aliphatic rings. The minimum atomic E-state index is -0.734. The third-order valence-electron chi connectivity index (χ3n) is 5.75. The Kier molecular flexibility index (Phi) is 6.64. The second-order valence-electron chi connectivity index (χ2n) is 8.05. The summed E-state index contributed by atoms with van der Waals surface area (Å²) in [6, 6.07) is 9.14. The Morgan fingerprint density at radius 1 is 1.17 bits per heavy atom. The highest BCUT2D eigenvalue weighted by Gasteiger charge is 2.16. The number of hydrogen-bond donors (Lipinski definition) is 2. The monoisotopic (exact) mass is 478 g/mol. The lowest BCUT2D eigenvalue weighted by molar-refractivity contribution is 0.0435. The molecule has 0 amide bonds. The molecule has 180 valence electrons. The van der Waals surface area contributed by atoms with Crippen LogP contribution in [0.4, 0.5) is 20.4 Å². The largest absolute Gasteiger partial charge is 0.496 e. The van der Waals surface area contributed by atoms with Gasteiger partial charge >= 0.3 is 0 Å².